The van der Waals surface area contributed by atoms with Gasteiger partial charge in [0.05, 0.1) is 21.3 Å². The molecule has 2 rings (SSSR count). The molecule has 0 aliphatic rings. The third kappa shape index (κ3) is 4.16. The van der Waals surface area contributed by atoms with Gasteiger partial charge in [-0.25, -0.2) is 0 Å². The predicted molar refractivity (Wildman–Crippen MR) is 88.4 cm³/mol. The lowest BCUT2D eigenvalue weighted by atomic mass is 10.1. The molecular formula is C18H21NO4. The van der Waals surface area contributed by atoms with E-state index in [1.54, 1.807) is 39.5 Å². The Kier molecular flexibility index (Phi) is 5.46. The average molecular weight is 315 g/mol. The van der Waals surface area contributed by atoms with Crippen LogP contribution in [0.15, 0.2) is 36.4 Å². The Bertz CT molecular complexity index is 675. The molecule has 0 saturated heterocycles. The molecule has 0 saturated carbocycles. The SMILES string of the molecule is COc1cc(OC)cc(C(=O)NCc2cc(C)ccc2OC)c1. The number of carbonyl (C=O) groups excluding carboxylic acids is 1. The molecule has 0 bridgehead atoms. The summed E-state index contributed by atoms with van der Waals surface area (Å²) in [4.78, 5) is 12.4. The van der Waals surface area contributed by atoms with E-state index in [-0.39, 0.29) is 5.91 Å². The third-order valence-corrected chi connectivity index (χ3v) is 3.49. The van der Waals surface area contributed by atoms with Crippen molar-refractivity contribution in [2.75, 3.05) is 21.3 Å². The van der Waals surface area contributed by atoms with Gasteiger partial charge in [-0.1, -0.05) is 17.7 Å². The number of benzene rings is 2. The van der Waals surface area contributed by atoms with E-state index in [4.69, 9.17) is 14.2 Å². The molecule has 5 heteroatoms. The number of hydrogen-bond acceptors (Lipinski definition) is 4. The normalized spacial score (nSPS) is 10.1. The molecule has 122 valence electrons. The monoisotopic (exact) mass is 315 g/mol. The molecule has 0 atom stereocenters. The first-order valence-corrected chi connectivity index (χ1v) is 7.22. The summed E-state index contributed by atoms with van der Waals surface area (Å²) in [5.74, 6) is 1.69. The number of aryl methyl sites for hydroxylation is 1. The minimum absolute atomic E-state index is 0.203. The number of rotatable bonds is 6. The van der Waals surface area contributed by atoms with Crippen LogP contribution in [0.2, 0.25) is 0 Å². The lowest BCUT2D eigenvalue weighted by Crippen LogP contribution is -2.23. The Labute approximate surface area is 136 Å². The number of methoxy groups -OCH3 is 3. The Morgan fingerprint density at radius 1 is 0.957 bits per heavy atom. The van der Waals surface area contributed by atoms with Gasteiger partial charge in [-0.2, -0.15) is 0 Å². The minimum Gasteiger partial charge on any atom is -0.497 e. The van der Waals surface area contributed by atoms with Crippen molar-refractivity contribution >= 4 is 5.91 Å². The first kappa shape index (κ1) is 16.7. The van der Waals surface area contributed by atoms with Crippen LogP contribution >= 0.6 is 0 Å². The largest absolute Gasteiger partial charge is 0.497 e. The van der Waals surface area contributed by atoms with Crippen LogP contribution in [-0.2, 0) is 6.54 Å². The second-order valence-electron chi connectivity index (χ2n) is 5.10. The van der Waals surface area contributed by atoms with E-state index in [2.05, 4.69) is 5.32 Å². The van der Waals surface area contributed by atoms with E-state index in [0.29, 0.717) is 23.6 Å². The van der Waals surface area contributed by atoms with Crippen LogP contribution < -0.4 is 19.5 Å². The van der Waals surface area contributed by atoms with E-state index in [9.17, 15) is 4.79 Å². The van der Waals surface area contributed by atoms with Gasteiger partial charge in [-0.15, -0.1) is 0 Å². The van der Waals surface area contributed by atoms with Crippen molar-refractivity contribution in [3.05, 3.63) is 53.1 Å². The maximum atomic E-state index is 12.4. The zero-order valence-corrected chi connectivity index (χ0v) is 13.8. The lowest BCUT2D eigenvalue weighted by molar-refractivity contribution is 0.0950. The van der Waals surface area contributed by atoms with Gasteiger partial charge >= 0.3 is 0 Å². The van der Waals surface area contributed by atoms with Crippen molar-refractivity contribution in [1.29, 1.82) is 0 Å². The van der Waals surface area contributed by atoms with E-state index in [1.807, 2.05) is 25.1 Å². The highest BCUT2D eigenvalue weighted by atomic mass is 16.5. The van der Waals surface area contributed by atoms with Crippen molar-refractivity contribution in [2.24, 2.45) is 0 Å². The molecule has 0 fully saturated rings. The highest BCUT2D eigenvalue weighted by molar-refractivity contribution is 5.95. The van der Waals surface area contributed by atoms with Gasteiger partial charge < -0.3 is 19.5 Å². The van der Waals surface area contributed by atoms with Gasteiger partial charge in [0.2, 0.25) is 0 Å². The van der Waals surface area contributed by atoms with E-state index < -0.39 is 0 Å². The molecule has 5 nitrogen and oxygen atoms in total. The molecular weight excluding hydrogens is 294 g/mol. The number of ether oxygens (including phenoxy) is 3. The summed E-state index contributed by atoms with van der Waals surface area (Å²) < 4.78 is 15.7. The van der Waals surface area contributed by atoms with Crippen LogP contribution in [-0.4, -0.2) is 27.2 Å². The van der Waals surface area contributed by atoms with Crippen molar-refractivity contribution in [3.8, 4) is 17.2 Å². The fourth-order valence-corrected chi connectivity index (χ4v) is 2.26. The number of nitrogens with one attached hydrogen (secondary N) is 1. The van der Waals surface area contributed by atoms with Gasteiger partial charge in [0.15, 0.2) is 0 Å². The molecule has 1 N–H and O–H groups in total. The van der Waals surface area contributed by atoms with Gasteiger partial charge in [0.25, 0.3) is 5.91 Å². The fraction of sp³-hybridized carbons (Fsp3) is 0.278. The molecule has 0 aliphatic carbocycles. The van der Waals surface area contributed by atoms with Crippen LogP contribution in [0.5, 0.6) is 17.2 Å². The second-order valence-corrected chi connectivity index (χ2v) is 5.10. The van der Waals surface area contributed by atoms with Crippen molar-refractivity contribution in [1.82, 2.24) is 5.32 Å². The first-order chi connectivity index (χ1) is 11.1. The number of amides is 1. The van der Waals surface area contributed by atoms with Crippen LogP contribution in [0.3, 0.4) is 0 Å². The Morgan fingerprint density at radius 2 is 1.61 bits per heavy atom. The first-order valence-electron chi connectivity index (χ1n) is 7.22. The van der Waals surface area contributed by atoms with Crippen LogP contribution in [0, 0.1) is 6.92 Å². The molecule has 2 aromatic carbocycles. The Hall–Kier alpha value is -2.69. The molecule has 0 aliphatic heterocycles. The molecule has 2 aromatic rings. The summed E-state index contributed by atoms with van der Waals surface area (Å²) in [7, 11) is 4.71. The van der Waals surface area contributed by atoms with Gasteiger partial charge in [-0.3, -0.25) is 4.79 Å². The second kappa shape index (κ2) is 7.54. The summed E-state index contributed by atoms with van der Waals surface area (Å²) in [5, 5.41) is 2.89. The fourth-order valence-electron chi connectivity index (χ4n) is 2.26. The number of carbonyl (C=O) groups is 1. The standard InChI is InChI=1S/C18H21NO4/c1-12-5-6-17(23-4)14(7-12)11-19-18(20)13-8-15(21-2)10-16(9-13)22-3/h5-10H,11H2,1-4H3,(H,19,20). The third-order valence-electron chi connectivity index (χ3n) is 3.49. The van der Waals surface area contributed by atoms with Crippen LogP contribution in [0.4, 0.5) is 0 Å². The van der Waals surface area contributed by atoms with Crippen molar-refractivity contribution < 1.29 is 19.0 Å². The van der Waals surface area contributed by atoms with Gasteiger partial charge in [0, 0.05) is 23.7 Å². The maximum Gasteiger partial charge on any atom is 0.251 e. The average Bonchev–Trinajstić information content (AvgIpc) is 2.59. The molecule has 23 heavy (non-hydrogen) atoms. The van der Waals surface area contributed by atoms with E-state index in [1.165, 1.54) is 0 Å². The van der Waals surface area contributed by atoms with Crippen LogP contribution in [0.1, 0.15) is 21.5 Å². The summed E-state index contributed by atoms with van der Waals surface area (Å²) in [5.41, 5.74) is 2.52. The lowest BCUT2D eigenvalue weighted by Gasteiger charge is -2.12. The Morgan fingerprint density at radius 3 is 2.17 bits per heavy atom. The van der Waals surface area contributed by atoms with Gasteiger partial charge in [0.1, 0.15) is 17.2 Å². The minimum atomic E-state index is -0.203. The summed E-state index contributed by atoms with van der Waals surface area (Å²) >= 11 is 0. The van der Waals surface area contributed by atoms with Crippen molar-refractivity contribution in [2.45, 2.75) is 13.5 Å². The molecule has 0 aromatic heterocycles. The summed E-state index contributed by atoms with van der Waals surface area (Å²) in [6.07, 6.45) is 0. The Balaban J connectivity index is 2.15. The van der Waals surface area contributed by atoms with Crippen molar-refractivity contribution in [3.63, 3.8) is 0 Å². The molecule has 0 radical (unpaired) electrons. The maximum absolute atomic E-state index is 12.4. The predicted octanol–water partition coefficient (Wildman–Crippen LogP) is 2.95. The van der Waals surface area contributed by atoms with E-state index in [0.717, 1.165) is 16.9 Å². The molecule has 0 heterocycles. The van der Waals surface area contributed by atoms with Gasteiger partial charge in [-0.05, 0) is 25.1 Å². The van der Waals surface area contributed by atoms with Crippen LogP contribution in [0.25, 0.3) is 0 Å². The highest BCUT2D eigenvalue weighted by Crippen LogP contribution is 2.23. The smallest absolute Gasteiger partial charge is 0.251 e. The summed E-state index contributed by atoms with van der Waals surface area (Å²) in [6.45, 7) is 2.38. The van der Waals surface area contributed by atoms with E-state index >= 15 is 0 Å². The number of hydrogen-bond donors (Lipinski definition) is 1. The zero-order chi connectivity index (χ0) is 16.8. The summed E-state index contributed by atoms with van der Waals surface area (Å²) in [6, 6.07) is 10.9. The molecule has 1 amide bonds. The zero-order valence-electron chi connectivity index (χ0n) is 13.8. The topological polar surface area (TPSA) is 56.8 Å². The quantitative estimate of drug-likeness (QED) is 0.890. The molecule has 0 unspecified atom stereocenters. The highest BCUT2D eigenvalue weighted by Gasteiger charge is 2.11. The molecule has 0 spiro atoms.